The maximum absolute atomic E-state index is 11.9. The minimum absolute atomic E-state index is 0.188. The summed E-state index contributed by atoms with van der Waals surface area (Å²) >= 11 is 2.18. The van der Waals surface area contributed by atoms with Gasteiger partial charge in [-0.05, 0) is 52.6 Å². The maximum Gasteiger partial charge on any atom is 0.249 e. The molecule has 0 aliphatic rings. The number of aliphatic hydroxyl groups is 1. The molecular weight excluding hydrogens is 383 g/mol. The van der Waals surface area contributed by atoms with Crippen molar-refractivity contribution in [3.63, 3.8) is 0 Å². The molecule has 2 amide bonds. The largest absolute Gasteiger partial charge is 0.383 e. The highest BCUT2D eigenvalue weighted by Gasteiger charge is 2.23. The summed E-state index contributed by atoms with van der Waals surface area (Å²) in [4.78, 5) is 23.4. The molecule has 4 N–H and O–H groups in total. The third kappa shape index (κ3) is 6.43. The van der Waals surface area contributed by atoms with Crippen molar-refractivity contribution < 1.29 is 14.7 Å². The molecule has 1 aromatic rings. The van der Waals surface area contributed by atoms with Crippen LogP contribution in [0.1, 0.15) is 25.8 Å². The summed E-state index contributed by atoms with van der Waals surface area (Å²) in [6, 6.07) is 6.79. The summed E-state index contributed by atoms with van der Waals surface area (Å²) in [6.45, 7) is 3.82. The smallest absolute Gasteiger partial charge is 0.249 e. The van der Waals surface area contributed by atoms with E-state index in [0.29, 0.717) is 12.8 Å². The Morgan fingerprint density at radius 3 is 2.57 bits per heavy atom. The zero-order valence-electron chi connectivity index (χ0n) is 12.2. The lowest BCUT2D eigenvalue weighted by Gasteiger charge is -2.19. The van der Waals surface area contributed by atoms with E-state index >= 15 is 0 Å². The van der Waals surface area contributed by atoms with Gasteiger partial charge in [0.15, 0.2) is 0 Å². The second-order valence-electron chi connectivity index (χ2n) is 5.44. The molecule has 1 aromatic carbocycles. The van der Waals surface area contributed by atoms with Gasteiger partial charge in [0.2, 0.25) is 11.8 Å². The Kier molecular flexibility index (Phi) is 7.10. The number of hydrogen-bond donors (Lipinski definition) is 3. The van der Waals surface area contributed by atoms with Crippen LogP contribution in [-0.4, -0.2) is 29.1 Å². The lowest BCUT2D eigenvalue weighted by molar-refractivity contribution is -0.133. The van der Waals surface area contributed by atoms with Gasteiger partial charge in [-0.15, -0.1) is 0 Å². The molecule has 0 heterocycles. The van der Waals surface area contributed by atoms with Gasteiger partial charge in [0.1, 0.15) is 12.1 Å². The fourth-order valence-electron chi connectivity index (χ4n) is 1.94. The second kappa shape index (κ2) is 8.33. The number of carbonyl (C=O) groups excluding carboxylic acids is 2. The molecule has 0 radical (unpaired) electrons. The number of amides is 2. The van der Waals surface area contributed by atoms with Crippen molar-refractivity contribution in [3.05, 3.63) is 33.4 Å². The Morgan fingerprint density at radius 2 is 2.05 bits per heavy atom. The van der Waals surface area contributed by atoms with Crippen LogP contribution in [0.3, 0.4) is 0 Å². The lowest BCUT2D eigenvalue weighted by Crippen LogP contribution is -2.49. The fourth-order valence-corrected chi connectivity index (χ4v) is 2.55. The van der Waals surface area contributed by atoms with Gasteiger partial charge in [0, 0.05) is 9.99 Å². The molecule has 1 rings (SSSR count). The van der Waals surface area contributed by atoms with E-state index in [2.05, 4.69) is 27.9 Å². The van der Waals surface area contributed by atoms with Crippen molar-refractivity contribution in [2.75, 3.05) is 0 Å². The molecule has 0 spiro atoms. The molecule has 0 unspecified atom stereocenters. The number of benzene rings is 1. The summed E-state index contributed by atoms with van der Waals surface area (Å²) < 4.78 is 1.04. The van der Waals surface area contributed by atoms with Crippen molar-refractivity contribution >= 4 is 34.4 Å². The van der Waals surface area contributed by atoms with E-state index < -0.39 is 24.0 Å². The first-order valence-corrected chi connectivity index (χ1v) is 7.89. The number of hydrogen-bond acceptors (Lipinski definition) is 3. The number of aliphatic hydroxyl groups excluding tert-OH is 1. The van der Waals surface area contributed by atoms with Crippen LogP contribution in [0.2, 0.25) is 0 Å². The first-order chi connectivity index (χ1) is 9.79. The van der Waals surface area contributed by atoms with E-state index in [9.17, 15) is 14.7 Å². The highest BCUT2D eigenvalue weighted by Crippen LogP contribution is 2.10. The number of primary amides is 1. The number of carbonyl (C=O) groups is 2. The van der Waals surface area contributed by atoms with Crippen LogP contribution in [0, 0.1) is 9.49 Å². The summed E-state index contributed by atoms with van der Waals surface area (Å²) in [5.41, 5.74) is 6.24. The third-order valence-electron chi connectivity index (χ3n) is 2.99. The van der Waals surface area contributed by atoms with Crippen LogP contribution in [-0.2, 0) is 16.0 Å². The van der Waals surface area contributed by atoms with Gasteiger partial charge in [-0.2, -0.15) is 0 Å². The summed E-state index contributed by atoms with van der Waals surface area (Å²) in [5.74, 6) is -0.981. The SMILES string of the molecule is CC(C)C[C@@H](O)C(=O)N[C@@H](Cc1cccc(I)c1)C(N)=O. The number of rotatable bonds is 7. The third-order valence-corrected chi connectivity index (χ3v) is 3.66. The molecule has 116 valence electrons. The van der Waals surface area contributed by atoms with Crippen molar-refractivity contribution in [3.8, 4) is 0 Å². The predicted molar refractivity (Wildman–Crippen MR) is 89.4 cm³/mol. The van der Waals surface area contributed by atoms with Crippen LogP contribution in [0.4, 0.5) is 0 Å². The molecule has 0 bridgehead atoms. The molecule has 0 saturated carbocycles. The van der Waals surface area contributed by atoms with Crippen molar-refractivity contribution in [1.82, 2.24) is 5.32 Å². The number of nitrogens with two attached hydrogens (primary N) is 1. The van der Waals surface area contributed by atoms with E-state index in [0.717, 1.165) is 9.13 Å². The van der Waals surface area contributed by atoms with Crippen molar-refractivity contribution in [2.45, 2.75) is 38.8 Å². The van der Waals surface area contributed by atoms with Gasteiger partial charge in [-0.1, -0.05) is 26.0 Å². The van der Waals surface area contributed by atoms with Crippen LogP contribution >= 0.6 is 22.6 Å². The van der Waals surface area contributed by atoms with Crippen LogP contribution < -0.4 is 11.1 Å². The standard InChI is InChI=1S/C15H21IN2O3/c1-9(2)6-13(19)15(21)18-12(14(17)20)8-10-4-3-5-11(16)7-10/h3-5,7,9,12-13,19H,6,8H2,1-2H3,(H2,17,20)(H,18,21)/t12-,13+/m0/s1. The lowest BCUT2D eigenvalue weighted by atomic mass is 10.0. The van der Waals surface area contributed by atoms with Crippen molar-refractivity contribution in [2.24, 2.45) is 11.7 Å². The van der Waals surface area contributed by atoms with E-state index in [1.165, 1.54) is 0 Å². The highest BCUT2D eigenvalue weighted by molar-refractivity contribution is 14.1. The predicted octanol–water partition coefficient (Wildman–Crippen LogP) is 1.21. The summed E-state index contributed by atoms with van der Waals surface area (Å²) in [6.07, 6.45) is -0.463. The molecule has 0 fully saturated rings. The average molecular weight is 404 g/mol. The molecule has 5 nitrogen and oxygen atoms in total. The number of nitrogens with one attached hydrogen (secondary N) is 1. The Balaban J connectivity index is 2.70. The van der Waals surface area contributed by atoms with Crippen LogP contribution in [0.15, 0.2) is 24.3 Å². The molecular formula is C15H21IN2O3. The molecule has 6 heteroatoms. The first-order valence-electron chi connectivity index (χ1n) is 6.81. The number of halogens is 1. The molecule has 21 heavy (non-hydrogen) atoms. The quantitative estimate of drug-likeness (QED) is 0.597. The topological polar surface area (TPSA) is 92.4 Å². The molecule has 0 aromatic heterocycles. The molecule has 0 aliphatic heterocycles. The zero-order valence-corrected chi connectivity index (χ0v) is 14.3. The van der Waals surface area contributed by atoms with Gasteiger partial charge in [-0.25, -0.2) is 0 Å². The summed E-state index contributed by atoms with van der Waals surface area (Å²) in [5, 5.41) is 12.3. The Bertz CT molecular complexity index is 505. The molecule has 0 aliphatic carbocycles. The molecule has 2 atom stereocenters. The monoisotopic (exact) mass is 404 g/mol. The average Bonchev–Trinajstić information content (AvgIpc) is 2.36. The zero-order chi connectivity index (χ0) is 16.0. The highest BCUT2D eigenvalue weighted by atomic mass is 127. The van der Waals surface area contributed by atoms with Gasteiger partial charge in [0.25, 0.3) is 0 Å². The van der Waals surface area contributed by atoms with Gasteiger partial charge >= 0.3 is 0 Å². The van der Waals surface area contributed by atoms with E-state index in [4.69, 9.17) is 5.73 Å². The summed E-state index contributed by atoms with van der Waals surface area (Å²) in [7, 11) is 0. The Hall–Kier alpha value is -1.15. The maximum atomic E-state index is 11.9. The first kappa shape index (κ1) is 17.9. The van der Waals surface area contributed by atoms with Crippen LogP contribution in [0.5, 0.6) is 0 Å². The van der Waals surface area contributed by atoms with E-state index in [1.807, 2.05) is 38.1 Å². The second-order valence-corrected chi connectivity index (χ2v) is 6.69. The minimum Gasteiger partial charge on any atom is -0.383 e. The van der Waals surface area contributed by atoms with Gasteiger partial charge in [0.05, 0.1) is 0 Å². The Labute approximate surface area is 138 Å². The fraction of sp³-hybridized carbons (Fsp3) is 0.467. The van der Waals surface area contributed by atoms with Gasteiger partial charge in [-0.3, -0.25) is 9.59 Å². The van der Waals surface area contributed by atoms with Crippen LogP contribution in [0.25, 0.3) is 0 Å². The minimum atomic E-state index is -1.12. The normalized spacial score (nSPS) is 13.8. The van der Waals surface area contributed by atoms with E-state index in [-0.39, 0.29) is 5.92 Å². The molecule has 0 saturated heterocycles. The van der Waals surface area contributed by atoms with E-state index in [1.54, 1.807) is 0 Å². The van der Waals surface area contributed by atoms with Crippen molar-refractivity contribution in [1.29, 1.82) is 0 Å². The van der Waals surface area contributed by atoms with Gasteiger partial charge < -0.3 is 16.2 Å². The Morgan fingerprint density at radius 1 is 1.38 bits per heavy atom.